The summed E-state index contributed by atoms with van der Waals surface area (Å²) in [5.41, 5.74) is 13.2. The molecule has 3 aromatic heterocycles. The van der Waals surface area contributed by atoms with Gasteiger partial charge in [-0.25, -0.2) is 9.67 Å². The summed E-state index contributed by atoms with van der Waals surface area (Å²) < 4.78 is 11.3. The Morgan fingerprint density at radius 1 is 0.686 bits per heavy atom. The lowest BCUT2D eigenvalue weighted by Crippen LogP contribution is -2.05. The molecule has 7 rings (SSSR count). The molecule has 0 N–H and O–H groups in total. The van der Waals surface area contributed by atoms with Crippen molar-refractivity contribution in [3.8, 4) is 34.1 Å². The Kier molecular flexibility index (Phi) is 9.82. The van der Waals surface area contributed by atoms with Crippen LogP contribution in [0, 0.1) is 20.8 Å². The van der Waals surface area contributed by atoms with Crippen molar-refractivity contribution in [2.45, 2.75) is 92.9 Å². The molecular weight excluding hydrogens is 625 g/mol. The van der Waals surface area contributed by atoms with Gasteiger partial charge in [-0.2, -0.15) is 5.10 Å². The minimum absolute atomic E-state index is 0.317. The fraction of sp³-hybridized carbons (Fsp3) is 0.304. The number of fused-ring (bicyclic) bond motifs is 3. The molecule has 7 aromatic rings. The highest BCUT2D eigenvalue weighted by Crippen LogP contribution is 2.38. The zero-order valence-corrected chi connectivity index (χ0v) is 31.3. The summed E-state index contributed by atoms with van der Waals surface area (Å²) in [7, 11) is 0. The van der Waals surface area contributed by atoms with Gasteiger partial charge in [0.1, 0.15) is 17.3 Å². The third kappa shape index (κ3) is 6.70. The molecule has 0 atom stereocenters. The van der Waals surface area contributed by atoms with Gasteiger partial charge in [0, 0.05) is 34.7 Å². The summed E-state index contributed by atoms with van der Waals surface area (Å²) >= 11 is 0. The van der Waals surface area contributed by atoms with E-state index in [1.165, 1.54) is 56.3 Å². The average Bonchev–Trinajstić information content (AvgIpc) is 3.63. The van der Waals surface area contributed by atoms with Crippen LogP contribution in [0.5, 0.6) is 11.5 Å². The van der Waals surface area contributed by atoms with Crippen LogP contribution in [0.3, 0.4) is 0 Å². The predicted molar refractivity (Wildman–Crippen MR) is 213 cm³/mol. The predicted octanol–water partition coefficient (Wildman–Crippen LogP) is 12.6. The molecule has 260 valence electrons. The van der Waals surface area contributed by atoms with Crippen LogP contribution in [-0.4, -0.2) is 19.3 Å². The third-order valence-corrected chi connectivity index (χ3v) is 10.2. The van der Waals surface area contributed by atoms with Crippen molar-refractivity contribution in [1.82, 2.24) is 19.3 Å². The van der Waals surface area contributed by atoms with Crippen molar-refractivity contribution in [1.29, 1.82) is 0 Å². The Morgan fingerprint density at radius 2 is 1.43 bits per heavy atom. The van der Waals surface area contributed by atoms with E-state index in [2.05, 4.69) is 149 Å². The van der Waals surface area contributed by atoms with Gasteiger partial charge in [-0.1, -0.05) is 76.9 Å². The highest BCUT2D eigenvalue weighted by atomic mass is 16.5. The second kappa shape index (κ2) is 14.6. The van der Waals surface area contributed by atoms with Gasteiger partial charge in [-0.05, 0) is 123 Å². The molecular formula is C46H50N4O. The molecule has 51 heavy (non-hydrogen) atoms. The van der Waals surface area contributed by atoms with Crippen molar-refractivity contribution in [2.24, 2.45) is 0 Å². The number of pyridine rings is 1. The van der Waals surface area contributed by atoms with Crippen LogP contribution in [0.25, 0.3) is 44.4 Å². The van der Waals surface area contributed by atoms with Crippen LogP contribution >= 0.6 is 0 Å². The maximum absolute atomic E-state index is 6.81. The highest BCUT2D eigenvalue weighted by Gasteiger charge is 2.22. The van der Waals surface area contributed by atoms with E-state index in [9.17, 15) is 0 Å². The summed E-state index contributed by atoms with van der Waals surface area (Å²) in [5, 5.41) is 7.62. The van der Waals surface area contributed by atoms with Crippen molar-refractivity contribution in [2.75, 3.05) is 0 Å². The number of aryl methyl sites for hydroxylation is 4. The summed E-state index contributed by atoms with van der Waals surface area (Å²) in [6, 6.07) is 32.6. The van der Waals surface area contributed by atoms with E-state index in [0.29, 0.717) is 5.92 Å². The molecule has 4 aromatic carbocycles. The average molecular weight is 675 g/mol. The van der Waals surface area contributed by atoms with Gasteiger partial charge in [-0.15, -0.1) is 0 Å². The quantitative estimate of drug-likeness (QED) is 0.130. The first-order valence-corrected chi connectivity index (χ1v) is 18.7. The topological polar surface area (TPSA) is 44.9 Å². The Balaban J connectivity index is 1.34. The molecule has 0 bridgehead atoms. The number of para-hydroxylation sites is 1. The number of aromatic nitrogens is 4. The molecule has 0 aliphatic heterocycles. The van der Waals surface area contributed by atoms with Crippen LogP contribution in [0.2, 0.25) is 0 Å². The number of nitrogens with zero attached hydrogens (tertiary/aromatic N) is 4. The van der Waals surface area contributed by atoms with Crippen LogP contribution in [-0.2, 0) is 12.8 Å². The van der Waals surface area contributed by atoms with E-state index >= 15 is 0 Å². The molecule has 0 amide bonds. The standard InChI is InChI=1S/C46H50N4O/c1-8-10-17-34-23-24-47-44(25-34)49-41-20-13-12-18-39(41)40-22-21-37(29-43(40)49)51-38-27-35(30(3)4)26-36(28-38)50-42(19-11-9-2)46(33(7)48-50)45-31(5)15-14-16-32(45)6/h12-16,18,20-30H,8-11,17,19H2,1-7H3. The van der Waals surface area contributed by atoms with Crippen LogP contribution < -0.4 is 4.74 Å². The minimum Gasteiger partial charge on any atom is -0.457 e. The van der Waals surface area contributed by atoms with Gasteiger partial charge < -0.3 is 4.74 Å². The third-order valence-electron chi connectivity index (χ3n) is 10.2. The van der Waals surface area contributed by atoms with E-state index < -0.39 is 0 Å². The fourth-order valence-corrected chi connectivity index (χ4v) is 7.53. The molecule has 0 aliphatic rings. The van der Waals surface area contributed by atoms with E-state index in [1.807, 2.05) is 6.20 Å². The van der Waals surface area contributed by atoms with Gasteiger partial charge in [0.15, 0.2) is 0 Å². The van der Waals surface area contributed by atoms with Crippen molar-refractivity contribution < 1.29 is 4.74 Å². The van der Waals surface area contributed by atoms with Crippen molar-refractivity contribution in [3.63, 3.8) is 0 Å². The molecule has 3 heterocycles. The van der Waals surface area contributed by atoms with E-state index in [0.717, 1.165) is 71.8 Å². The van der Waals surface area contributed by atoms with E-state index in [-0.39, 0.29) is 0 Å². The van der Waals surface area contributed by atoms with Crippen LogP contribution in [0.4, 0.5) is 0 Å². The molecule has 0 saturated carbocycles. The van der Waals surface area contributed by atoms with Gasteiger partial charge in [0.2, 0.25) is 0 Å². The summed E-state index contributed by atoms with van der Waals surface area (Å²) in [5.74, 6) is 2.85. The van der Waals surface area contributed by atoms with Gasteiger partial charge in [0.05, 0.1) is 28.1 Å². The van der Waals surface area contributed by atoms with Crippen LogP contribution in [0.1, 0.15) is 92.9 Å². The second-order valence-corrected chi connectivity index (χ2v) is 14.4. The maximum Gasteiger partial charge on any atom is 0.137 e. The molecule has 0 fully saturated rings. The van der Waals surface area contributed by atoms with Crippen molar-refractivity contribution >= 4 is 21.8 Å². The zero-order chi connectivity index (χ0) is 35.6. The van der Waals surface area contributed by atoms with Gasteiger partial charge >= 0.3 is 0 Å². The lowest BCUT2D eigenvalue weighted by Gasteiger charge is -2.16. The van der Waals surface area contributed by atoms with E-state index in [1.54, 1.807) is 0 Å². The minimum atomic E-state index is 0.317. The number of benzene rings is 4. The number of hydrogen-bond acceptors (Lipinski definition) is 3. The molecule has 0 unspecified atom stereocenters. The second-order valence-electron chi connectivity index (χ2n) is 14.4. The molecule has 0 aliphatic carbocycles. The Hall–Kier alpha value is -5.16. The smallest absolute Gasteiger partial charge is 0.137 e. The monoisotopic (exact) mass is 674 g/mol. The SMILES string of the molecule is CCCCc1ccnc(-n2c3ccccc3c3ccc(Oc4cc(C(C)C)cc(-n5nc(C)c(-c6c(C)cccc6C)c5CCCC)c4)cc32)c1. The molecule has 5 heteroatoms. The van der Waals surface area contributed by atoms with Gasteiger partial charge in [-0.3, -0.25) is 4.57 Å². The number of unbranched alkanes of at least 4 members (excludes halogenated alkanes) is 2. The molecule has 0 radical (unpaired) electrons. The molecule has 0 saturated heterocycles. The maximum atomic E-state index is 6.81. The molecule has 0 spiro atoms. The Bertz CT molecular complexity index is 2320. The van der Waals surface area contributed by atoms with E-state index in [4.69, 9.17) is 14.8 Å². The Morgan fingerprint density at radius 3 is 2.20 bits per heavy atom. The molecule has 5 nitrogen and oxygen atoms in total. The number of rotatable bonds is 12. The lowest BCUT2D eigenvalue weighted by atomic mass is 9.92. The summed E-state index contributed by atoms with van der Waals surface area (Å²) in [6.07, 6.45) is 8.50. The highest BCUT2D eigenvalue weighted by molar-refractivity contribution is 6.09. The number of hydrogen-bond donors (Lipinski definition) is 0. The first-order valence-electron chi connectivity index (χ1n) is 18.7. The fourth-order valence-electron chi connectivity index (χ4n) is 7.53. The van der Waals surface area contributed by atoms with Crippen molar-refractivity contribution in [3.05, 3.63) is 131 Å². The van der Waals surface area contributed by atoms with Crippen LogP contribution in [0.15, 0.2) is 97.2 Å². The lowest BCUT2D eigenvalue weighted by molar-refractivity contribution is 0.481. The first kappa shape index (κ1) is 34.3. The summed E-state index contributed by atoms with van der Waals surface area (Å²) in [6.45, 7) is 15.5. The largest absolute Gasteiger partial charge is 0.457 e. The summed E-state index contributed by atoms with van der Waals surface area (Å²) in [4.78, 5) is 4.86. The zero-order valence-electron chi connectivity index (χ0n) is 31.3. The number of ether oxygens (including phenoxy) is 1. The first-order chi connectivity index (χ1) is 24.8. The Labute approximate surface area is 302 Å². The normalized spacial score (nSPS) is 11.7. The van der Waals surface area contributed by atoms with Gasteiger partial charge in [0.25, 0.3) is 0 Å².